The topological polar surface area (TPSA) is 189 Å². The van der Waals surface area contributed by atoms with Crippen LogP contribution in [0.1, 0.15) is 124 Å². The van der Waals surface area contributed by atoms with E-state index in [4.69, 9.17) is 27.8 Å². The molecule has 14 nitrogen and oxygen atoms in total. The third kappa shape index (κ3) is 37.9. The fourth-order valence-corrected chi connectivity index (χ4v) is 14.1. The van der Waals surface area contributed by atoms with E-state index >= 15 is 0 Å². The van der Waals surface area contributed by atoms with Crippen LogP contribution in [0.15, 0.2) is 0 Å². The number of esters is 3. The van der Waals surface area contributed by atoms with Crippen LogP contribution < -0.4 is 51.4 Å². The Morgan fingerprint density at radius 1 is 0.574 bits per heavy atom. The third-order valence-electron chi connectivity index (χ3n) is 8.37. The van der Waals surface area contributed by atoms with Gasteiger partial charge in [0.15, 0.2) is 26.7 Å². The maximum Gasteiger partial charge on any atom is 1.00 e. The fraction of sp³-hybridized carbons (Fsp3) is 0.923. The van der Waals surface area contributed by atoms with Gasteiger partial charge in [0.2, 0.25) is 0 Å². The predicted octanol–water partition coefficient (Wildman–Crippen LogP) is 7.25. The Hall–Kier alpha value is 0.0101. The molecule has 0 spiro atoms. The zero-order valence-corrected chi connectivity index (χ0v) is 44.9. The van der Waals surface area contributed by atoms with Gasteiger partial charge in [-0.2, -0.15) is 13.2 Å². The first-order valence-electron chi connectivity index (χ1n) is 19.2. The standard InChI is InChI=1S/C14H32O3Si2.C12H24O4.C10H17F3NO6S2.3CH4.K/c1-9-14(2,3)13(15)16-11-10-12-19(7,8)17-18(4,5)6;1-5-12(3,4)11(13)16-10-9-15-8-7-14-6-2;1-4-9(2,3)8(15)20-6-5-7-21(16,17)14-22(18,19)10(11,12)13;;;;/h9-12H2,1-8H3;5-10H2,1-4H3;4-7H2,1-3H3;3*1H4;/q;;-1;;;;+1. The van der Waals surface area contributed by atoms with Crippen molar-refractivity contribution in [2.45, 2.75) is 168 Å². The Labute approximate surface area is 414 Å². The Balaban J connectivity index is -0.000000140. The van der Waals surface area contributed by atoms with Gasteiger partial charge in [-0.15, -0.1) is 0 Å². The maximum atomic E-state index is 12.0. The van der Waals surface area contributed by atoms with Gasteiger partial charge in [-0.25, -0.2) is 16.8 Å². The predicted molar refractivity (Wildman–Crippen MR) is 241 cm³/mol. The number of hydrogen-bond acceptors (Lipinski definition) is 13. The van der Waals surface area contributed by atoms with E-state index in [1.165, 1.54) is 0 Å². The Bertz CT molecular complexity index is 1410. The van der Waals surface area contributed by atoms with Gasteiger partial charge in [-0.1, -0.05) is 43.1 Å². The van der Waals surface area contributed by atoms with E-state index in [1.807, 2.05) is 52.6 Å². The van der Waals surface area contributed by atoms with E-state index in [0.29, 0.717) is 46.1 Å². The molecule has 0 bridgehead atoms. The number of hydrogen-bond donors (Lipinski definition) is 0. The Morgan fingerprint density at radius 3 is 1.26 bits per heavy atom. The summed E-state index contributed by atoms with van der Waals surface area (Å²) in [5, 5.41) is 0. The molecule has 0 fully saturated rings. The molecule has 0 N–H and O–H groups in total. The molecular weight excluding hydrogens is 907 g/mol. The van der Waals surface area contributed by atoms with Crippen LogP contribution in [-0.4, -0.2) is 109 Å². The molecule has 0 aromatic carbocycles. The minimum absolute atomic E-state index is 0. The van der Waals surface area contributed by atoms with Crippen LogP contribution in [0.25, 0.3) is 4.13 Å². The monoisotopic (exact) mass is 991 g/mol. The Kier molecular flexibility index (Phi) is 42.4. The average Bonchev–Trinajstić information content (AvgIpc) is 3.06. The van der Waals surface area contributed by atoms with Crippen molar-refractivity contribution in [3.63, 3.8) is 0 Å². The number of sulfonamides is 2. The first-order valence-corrected chi connectivity index (χ1v) is 28.8. The molecule has 61 heavy (non-hydrogen) atoms. The average molecular weight is 993 g/mol. The molecule has 366 valence electrons. The number of rotatable bonds is 25. The molecule has 0 aromatic heterocycles. The van der Waals surface area contributed by atoms with Crippen LogP contribution >= 0.6 is 0 Å². The maximum absolute atomic E-state index is 12.0. The van der Waals surface area contributed by atoms with Gasteiger partial charge in [0.25, 0.3) is 0 Å². The first-order chi connectivity index (χ1) is 25.6. The number of halogens is 3. The van der Waals surface area contributed by atoms with Gasteiger partial charge >= 0.3 is 74.8 Å². The molecule has 0 unspecified atom stereocenters. The molecule has 0 atom stereocenters. The summed E-state index contributed by atoms with van der Waals surface area (Å²) in [6.45, 7) is 32.4. The molecular formula is C39H85F3KNO13S2Si2. The van der Waals surface area contributed by atoms with Crippen molar-refractivity contribution in [2.75, 3.05) is 52.0 Å². The van der Waals surface area contributed by atoms with Crippen molar-refractivity contribution in [1.82, 2.24) is 0 Å². The summed E-state index contributed by atoms with van der Waals surface area (Å²) in [5.74, 6) is -1.82. The minimum atomic E-state index is -6.11. The van der Waals surface area contributed by atoms with Crippen LogP contribution in [0.2, 0.25) is 38.8 Å². The first kappa shape index (κ1) is 75.3. The molecule has 22 heteroatoms. The zero-order valence-electron chi connectivity index (χ0n) is 38.1. The molecule has 0 aliphatic heterocycles. The van der Waals surface area contributed by atoms with Crippen molar-refractivity contribution >= 4 is 54.6 Å². The molecule has 0 aliphatic rings. The van der Waals surface area contributed by atoms with Crippen LogP contribution in [0.3, 0.4) is 0 Å². The number of ether oxygens (including phenoxy) is 5. The molecule has 0 aliphatic carbocycles. The zero-order chi connectivity index (χ0) is 45.6. The molecule has 0 rings (SSSR count). The molecule has 0 saturated heterocycles. The van der Waals surface area contributed by atoms with E-state index < -0.39 is 64.7 Å². The van der Waals surface area contributed by atoms with Crippen molar-refractivity contribution < 1.29 is 124 Å². The van der Waals surface area contributed by atoms with Gasteiger partial charge in [-0.05, 0) is 119 Å². The van der Waals surface area contributed by atoms with E-state index in [0.717, 1.165) is 25.3 Å². The molecule has 0 amide bonds. The second-order valence-electron chi connectivity index (χ2n) is 16.6. The third-order valence-corrected chi connectivity index (χ3v) is 17.7. The largest absolute Gasteiger partial charge is 1.00 e. The summed E-state index contributed by atoms with van der Waals surface area (Å²) >= 11 is 0. The number of alkyl halides is 3. The fourth-order valence-electron chi connectivity index (χ4n) is 3.75. The summed E-state index contributed by atoms with van der Waals surface area (Å²) in [4.78, 5) is 34.9. The van der Waals surface area contributed by atoms with Crippen molar-refractivity contribution in [1.29, 1.82) is 0 Å². The molecule has 0 aromatic rings. The quantitative estimate of drug-likeness (QED) is 0.0385. The summed E-state index contributed by atoms with van der Waals surface area (Å²) in [6, 6.07) is 1.05. The van der Waals surface area contributed by atoms with E-state index in [9.17, 15) is 44.4 Å². The molecule has 0 radical (unpaired) electrons. The van der Waals surface area contributed by atoms with Crippen molar-refractivity contribution in [2.24, 2.45) is 16.2 Å². The number of nitrogens with zero attached hydrogens (tertiary/aromatic N) is 1. The number of carbonyl (C=O) groups excluding carboxylic acids is 3. The molecule has 0 saturated carbocycles. The van der Waals surface area contributed by atoms with Gasteiger partial charge in [0.1, 0.15) is 6.61 Å². The van der Waals surface area contributed by atoms with Gasteiger partial charge in [0, 0.05) is 12.4 Å². The van der Waals surface area contributed by atoms with Gasteiger partial charge < -0.3 is 31.9 Å². The smallest absolute Gasteiger partial charge is 0.465 e. The van der Waals surface area contributed by atoms with Crippen molar-refractivity contribution in [3.8, 4) is 0 Å². The molecule has 0 heterocycles. The van der Waals surface area contributed by atoms with E-state index in [1.54, 1.807) is 20.8 Å². The van der Waals surface area contributed by atoms with Crippen LogP contribution in [0.4, 0.5) is 13.2 Å². The van der Waals surface area contributed by atoms with Crippen LogP contribution in [0.5, 0.6) is 0 Å². The van der Waals surface area contributed by atoms with Crippen LogP contribution in [0, 0.1) is 16.2 Å². The second-order valence-corrected chi connectivity index (χ2v) is 29.3. The van der Waals surface area contributed by atoms with E-state index in [2.05, 4.69) is 32.7 Å². The second kappa shape index (κ2) is 34.3. The summed E-state index contributed by atoms with van der Waals surface area (Å²) in [5.41, 5.74) is -7.31. The van der Waals surface area contributed by atoms with Gasteiger partial charge in [-0.3, -0.25) is 14.4 Å². The van der Waals surface area contributed by atoms with Gasteiger partial charge in [0.05, 0.1) is 59.3 Å². The summed E-state index contributed by atoms with van der Waals surface area (Å²) < 4.78 is 113. The Morgan fingerprint density at radius 2 is 0.918 bits per heavy atom. The summed E-state index contributed by atoms with van der Waals surface area (Å²) in [7, 11) is -14.0. The van der Waals surface area contributed by atoms with E-state index in [-0.39, 0.29) is 104 Å². The normalized spacial score (nSPS) is 12.2. The summed E-state index contributed by atoms with van der Waals surface area (Å²) in [6.07, 6.45) is 2.60. The minimum Gasteiger partial charge on any atom is -0.465 e. The van der Waals surface area contributed by atoms with Crippen LogP contribution in [-0.2, 0) is 62.2 Å². The number of carbonyl (C=O) groups is 3. The SMILES string of the molecule is C.C.C.CCC(C)(C)C(=O)OCCCS(=O)(=O)[N-]S(=O)(=O)C(F)(F)F.CCC(C)(C)C(=O)OCCC[Si](C)(C)O[Si](C)(C)C.CCOCCOCCOC(=O)C(C)(C)CC.[K+]. The van der Waals surface area contributed by atoms with Crippen molar-refractivity contribution in [3.05, 3.63) is 4.13 Å².